The molecule has 3 aromatic rings. The quantitative estimate of drug-likeness (QED) is 0.580. The highest BCUT2D eigenvalue weighted by Crippen LogP contribution is 2.37. The minimum absolute atomic E-state index is 0.625. The average Bonchev–Trinajstić information content (AvgIpc) is 2.97. The van der Waals surface area contributed by atoms with Gasteiger partial charge in [0.2, 0.25) is 0 Å². The third-order valence-corrected chi connectivity index (χ3v) is 6.72. The van der Waals surface area contributed by atoms with Crippen LogP contribution in [0, 0.1) is 6.92 Å². The maximum atomic E-state index is 5.07. The molecule has 0 unspecified atom stereocenters. The lowest BCUT2D eigenvalue weighted by atomic mass is 9.93. The number of hydrogen-bond donors (Lipinski definition) is 0. The summed E-state index contributed by atoms with van der Waals surface area (Å²) in [7, 11) is 0. The first kappa shape index (κ1) is 17.1. The van der Waals surface area contributed by atoms with E-state index in [4.69, 9.17) is 4.98 Å². The minimum Gasteiger partial charge on any atom is -0.368 e. The van der Waals surface area contributed by atoms with Crippen LogP contribution in [0.4, 0.5) is 11.5 Å². The summed E-state index contributed by atoms with van der Waals surface area (Å²) in [5, 5.41) is 1.23. The average molecular weight is 425 g/mol. The Bertz CT molecular complexity index is 950. The van der Waals surface area contributed by atoms with E-state index in [1.807, 2.05) is 0 Å². The first-order valence-electron chi connectivity index (χ1n) is 9.93. The van der Waals surface area contributed by atoms with Crippen molar-refractivity contribution in [1.82, 2.24) is 9.55 Å². The van der Waals surface area contributed by atoms with E-state index in [0.29, 0.717) is 6.04 Å². The largest absolute Gasteiger partial charge is 0.368 e. The van der Waals surface area contributed by atoms with Gasteiger partial charge in [0.05, 0.1) is 0 Å². The van der Waals surface area contributed by atoms with Crippen LogP contribution in [0.1, 0.15) is 30.9 Å². The fraction of sp³-hybridized carbons (Fsp3) is 0.409. The summed E-state index contributed by atoms with van der Waals surface area (Å²) in [6.45, 7) is 6.24. The molecule has 0 spiro atoms. The normalized spacial score (nSPS) is 18.1. The Morgan fingerprint density at radius 3 is 2.30 bits per heavy atom. The summed E-state index contributed by atoms with van der Waals surface area (Å²) < 4.78 is 3.54. The number of aryl methyl sites for hydroxylation is 1. The SMILES string of the molecule is Cc1ccc(N2CCN(c3ccc4c(Br)cn(C5CCC5)c4n3)CC2)cc1. The number of halogens is 1. The van der Waals surface area contributed by atoms with Crippen molar-refractivity contribution in [2.45, 2.75) is 32.2 Å². The van der Waals surface area contributed by atoms with Crippen LogP contribution < -0.4 is 9.80 Å². The van der Waals surface area contributed by atoms with E-state index < -0.39 is 0 Å². The van der Waals surface area contributed by atoms with Crippen molar-refractivity contribution in [3.63, 3.8) is 0 Å². The third-order valence-electron chi connectivity index (χ3n) is 6.09. The summed E-state index contributed by atoms with van der Waals surface area (Å²) >= 11 is 3.72. The molecule has 140 valence electrons. The Morgan fingerprint density at radius 1 is 0.926 bits per heavy atom. The van der Waals surface area contributed by atoms with Gasteiger partial charge < -0.3 is 14.4 Å². The van der Waals surface area contributed by atoms with Gasteiger partial charge in [-0.1, -0.05) is 17.7 Å². The molecule has 5 heteroatoms. The van der Waals surface area contributed by atoms with E-state index in [9.17, 15) is 0 Å². The molecule has 3 heterocycles. The summed E-state index contributed by atoms with van der Waals surface area (Å²) in [6.07, 6.45) is 6.11. The molecule has 1 aliphatic heterocycles. The first-order valence-corrected chi connectivity index (χ1v) is 10.7. The van der Waals surface area contributed by atoms with Crippen molar-refractivity contribution in [2.75, 3.05) is 36.0 Å². The molecule has 1 aliphatic carbocycles. The number of pyridine rings is 1. The van der Waals surface area contributed by atoms with Crippen LogP contribution in [0.2, 0.25) is 0 Å². The lowest BCUT2D eigenvalue weighted by Crippen LogP contribution is -2.46. The molecule has 5 rings (SSSR count). The molecule has 1 saturated heterocycles. The van der Waals surface area contributed by atoms with Crippen molar-refractivity contribution >= 4 is 38.5 Å². The second-order valence-electron chi connectivity index (χ2n) is 7.82. The van der Waals surface area contributed by atoms with Gasteiger partial charge in [-0.3, -0.25) is 0 Å². The molecule has 2 fully saturated rings. The van der Waals surface area contributed by atoms with Gasteiger partial charge in [0.1, 0.15) is 11.5 Å². The smallest absolute Gasteiger partial charge is 0.143 e. The highest BCUT2D eigenvalue weighted by molar-refractivity contribution is 9.10. The van der Waals surface area contributed by atoms with Crippen molar-refractivity contribution in [3.05, 3.63) is 52.6 Å². The van der Waals surface area contributed by atoms with E-state index in [2.05, 4.69) is 79.8 Å². The molecule has 1 aromatic carbocycles. The number of nitrogens with zero attached hydrogens (tertiary/aromatic N) is 4. The van der Waals surface area contributed by atoms with E-state index >= 15 is 0 Å². The number of fused-ring (bicyclic) bond motifs is 1. The van der Waals surface area contributed by atoms with Gasteiger partial charge in [-0.05, 0) is 66.4 Å². The van der Waals surface area contributed by atoms with Gasteiger partial charge in [0.25, 0.3) is 0 Å². The highest BCUT2D eigenvalue weighted by Gasteiger charge is 2.24. The van der Waals surface area contributed by atoms with Gasteiger partial charge >= 0.3 is 0 Å². The fourth-order valence-corrected chi connectivity index (χ4v) is 4.67. The maximum absolute atomic E-state index is 5.07. The van der Waals surface area contributed by atoms with Crippen LogP contribution in [0.3, 0.4) is 0 Å². The minimum atomic E-state index is 0.625. The molecule has 1 saturated carbocycles. The van der Waals surface area contributed by atoms with Crippen molar-refractivity contribution in [3.8, 4) is 0 Å². The van der Waals surface area contributed by atoms with Gasteiger partial charge in [-0.25, -0.2) is 4.98 Å². The highest BCUT2D eigenvalue weighted by atomic mass is 79.9. The first-order chi connectivity index (χ1) is 13.2. The van der Waals surface area contributed by atoms with Crippen molar-refractivity contribution in [2.24, 2.45) is 0 Å². The summed E-state index contributed by atoms with van der Waals surface area (Å²) in [5.74, 6) is 1.11. The Hall–Kier alpha value is -2.01. The number of aromatic nitrogens is 2. The Balaban J connectivity index is 1.36. The van der Waals surface area contributed by atoms with Crippen LogP contribution >= 0.6 is 15.9 Å². The lowest BCUT2D eigenvalue weighted by Gasteiger charge is -2.37. The van der Waals surface area contributed by atoms with Gasteiger partial charge in [-0.15, -0.1) is 0 Å². The molecule has 2 aromatic heterocycles. The number of piperazine rings is 1. The van der Waals surface area contributed by atoms with Gasteiger partial charge in [-0.2, -0.15) is 0 Å². The molecule has 0 N–H and O–H groups in total. The van der Waals surface area contributed by atoms with Crippen LogP contribution in [0.25, 0.3) is 11.0 Å². The lowest BCUT2D eigenvalue weighted by molar-refractivity contribution is 0.320. The van der Waals surface area contributed by atoms with E-state index in [0.717, 1.165) is 42.1 Å². The predicted octanol–water partition coefficient (Wildman–Crippen LogP) is 5.16. The van der Waals surface area contributed by atoms with Crippen LogP contribution in [-0.2, 0) is 0 Å². The van der Waals surface area contributed by atoms with Crippen molar-refractivity contribution in [1.29, 1.82) is 0 Å². The Morgan fingerprint density at radius 2 is 1.63 bits per heavy atom. The zero-order chi connectivity index (χ0) is 18.4. The van der Waals surface area contributed by atoms with Crippen LogP contribution in [-0.4, -0.2) is 35.7 Å². The Labute approximate surface area is 168 Å². The molecule has 2 aliphatic rings. The topological polar surface area (TPSA) is 24.3 Å². The molecule has 0 atom stereocenters. The molecular weight excluding hydrogens is 400 g/mol. The van der Waals surface area contributed by atoms with Gasteiger partial charge in [0.15, 0.2) is 0 Å². The molecule has 0 amide bonds. The molecule has 0 bridgehead atoms. The number of anilines is 2. The Kier molecular flexibility index (Phi) is 4.35. The van der Waals surface area contributed by atoms with Crippen molar-refractivity contribution < 1.29 is 0 Å². The third kappa shape index (κ3) is 3.12. The molecular formula is C22H25BrN4. The van der Waals surface area contributed by atoms with E-state index in [1.54, 1.807) is 0 Å². The molecule has 27 heavy (non-hydrogen) atoms. The second kappa shape index (κ2) is 6.86. The van der Waals surface area contributed by atoms with E-state index in [-0.39, 0.29) is 0 Å². The number of rotatable bonds is 3. The fourth-order valence-electron chi connectivity index (χ4n) is 4.14. The van der Waals surface area contributed by atoms with Gasteiger partial charge in [0, 0.05) is 54.0 Å². The van der Waals surface area contributed by atoms with Crippen LogP contribution in [0.5, 0.6) is 0 Å². The standard InChI is InChI=1S/C22H25BrN4/c1-16-5-7-17(8-6-16)25-11-13-26(14-12-25)21-10-9-19-20(23)15-27(22(19)24-21)18-3-2-4-18/h5-10,15,18H,2-4,11-14H2,1H3. The summed E-state index contributed by atoms with van der Waals surface area (Å²) in [5.41, 5.74) is 3.77. The summed E-state index contributed by atoms with van der Waals surface area (Å²) in [4.78, 5) is 9.97. The second-order valence-corrected chi connectivity index (χ2v) is 8.67. The summed E-state index contributed by atoms with van der Waals surface area (Å²) in [6, 6.07) is 13.9. The van der Waals surface area contributed by atoms with Crippen LogP contribution in [0.15, 0.2) is 47.1 Å². The zero-order valence-electron chi connectivity index (χ0n) is 15.7. The van der Waals surface area contributed by atoms with E-state index in [1.165, 1.54) is 35.9 Å². The molecule has 4 nitrogen and oxygen atoms in total. The predicted molar refractivity (Wildman–Crippen MR) is 116 cm³/mol. The maximum Gasteiger partial charge on any atom is 0.143 e. The molecule has 0 radical (unpaired) electrons. The zero-order valence-corrected chi connectivity index (χ0v) is 17.3. The monoisotopic (exact) mass is 424 g/mol. The number of benzene rings is 1. The number of hydrogen-bond acceptors (Lipinski definition) is 3.